The van der Waals surface area contributed by atoms with E-state index in [0.717, 1.165) is 38.5 Å². The third-order valence-corrected chi connectivity index (χ3v) is 16.4. The van der Waals surface area contributed by atoms with Gasteiger partial charge in [-0.1, -0.05) is 34.6 Å². The fourth-order valence-electron chi connectivity index (χ4n) is 14.3. The molecule has 11 heteroatoms. The SMILES string of the molecule is CC(=O)O[C@@H]1C[C@@]23C[C@@]24CC[C@H](O[C@@H]2OC[C@@H](O)[C@H](O)[C@H]2O)C(C)(C)[C@@H]4CC[C@H]3[C@]2(C)C[C@@H]3O[C@]4(O)[C@H](OC(C)(C)[C@H]4O)[C@@H](C)[C@@H]3[C@@]12C. The van der Waals surface area contributed by atoms with Crippen LogP contribution in [-0.2, 0) is 28.5 Å². The second-order valence-corrected chi connectivity index (χ2v) is 19.0. The predicted octanol–water partition coefficient (Wildman–Crippen LogP) is 2.66. The third-order valence-electron chi connectivity index (χ3n) is 16.4. The summed E-state index contributed by atoms with van der Waals surface area (Å²) in [5.41, 5.74) is -1.87. The van der Waals surface area contributed by atoms with E-state index in [1.807, 2.05) is 0 Å². The molecule has 8 fully saturated rings. The summed E-state index contributed by atoms with van der Waals surface area (Å²) < 4.78 is 31.6. The van der Waals surface area contributed by atoms with E-state index in [0.29, 0.717) is 18.3 Å². The number of rotatable bonds is 3. The van der Waals surface area contributed by atoms with E-state index in [1.165, 1.54) is 6.92 Å². The minimum absolute atomic E-state index is 0.0187. The van der Waals surface area contributed by atoms with Gasteiger partial charge < -0.3 is 49.2 Å². The number of carbonyl (C=O) groups excluding carboxylic acids is 1. The summed E-state index contributed by atoms with van der Waals surface area (Å²) in [4.78, 5) is 12.9. The second kappa shape index (κ2) is 10.2. The molecule has 48 heavy (non-hydrogen) atoms. The van der Waals surface area contributed by atoms with Crippen LogP contribution >= 0.6 is 0 Å². The van der Waals surface area contributed by atoms with Crippen LogP contribution in [0.1, 0.15) is 100 Å². The number of ether oxygens (including phenoxy) is 5. The summed E-state index contributed by atoms with van der Waals surface area (Å²) in [6, 6.07) is 0. The number of fused-ring (bicyclic) bond motifs is 5. The zero-order chi connectivity index (χ0) is 34.8. The van der Waals surface area contributed by atoms with Crippen molar-refractivity contribution in [3.63, 3.8) is 0 Å². The lowest BCUT2D eigenvalue weighted by Gasteiger charge is -2.65. The van der Waals surface area contributed by atoms with Gasteiger partial charge in [0.25, 0.3) is 0 Å². The quantitative estimate of drug-likeness (QED) is 0.220. The van der Waals surface area contributed by atoms with Crippen molar-refractivity contribution >= 4 is 5.97 Å². The van der Waals surface area contributed by atoms with Crippen LogP contribution in [0.25, 0.3) is 0 Å². The van der Waals surface area contributed by atoms with E-state index in [2.05, 4.69) is 34.6 Å². The van der Waals surface area contributed by atoms with Crippen molar-refractivity contribution in [2.24, 2.45) is 50.7 Å². The molecular weight excluding hydrogens is 620 g/mol. The van der Waals surface area contributed by atoms with Crippen LogP contribution in [0.5, 0.6) is 0 Å². The van der Waals surface area contributed by atoms with Crippen molar-refractivity contribution in [1.82, 2.24) is 0 Å². The van der Waals surface area contributed by atoms with Crippen molar-refractivity contribution in [3.05, 3.63) is 0 Å². The smallest absolute Gasteiger partial charge is 0.302 e. The van der Waals surface area contributed by atoms with E-state index >= 15 is 0 Å². The monoisotopic (exact) mass is 678 g/mol. The molecule has 0 aromatic rings. The number of hydrogen-bond donors (Lipinski definition) is 5. The lowest BCUT2D eigenvalue weighted by atomic mass is 9.41. The normalized spacial score (nSPS) is 60.4. The highest BCUT2D eigenvalue weighted by molar-refractivity contribution is 5.66. The maximum atomic E-state index is 12.9. The van der Waals surface area contributed by atoms with Gasteiger partial charge in [0, 0.05) is 12.3 Å². The third kappa shape index (κ3) is 3.95. The lowest BCUT2D eigenvalue weighted by Crippen LogP contribution is -2.66. The van der Waals surface area contributed by atoms with E-state index in [4.69, 9.17) is 23.7 Å². The molecule has 5 saturated carbocycles. The van der Waals surface area contributed by atoms with Crippen LogP contribution in [-0.4, -0.2) is 105 Å². The second-order valence-electron chi connectivity index (χ2n) is 19.0. The molecule has 11 nitrogen and oxygen atoms in total. The van der Waals surface area contributed by atoms with E-state index in [9.17, 15) is 30.3 Å². The van der Waals surface area contributed by atoms with Crippen molar-refractivity contribution in [2.75, 3.05) is 6.61 Å². The van der Waals surface area contributed by atoms with Gasteiger partial charge in [0.1, 0.15) is 36.6 Å². The van der Waals surface area contributed by atoms with Gasteiger partial charge in [-0.3, -0.25) is 4.79 Å². The fourth-order valence-corrected chi connectivity index (χ4v) is 14.3. The predicted molar refractivity (Wildman–Crippen MR) is 170 cm³/mol. The first kappa shape index (κ1) is 34.2. The number of hydrogen-bond acceptors (Lipinski definition) is 11. The van der Waals surface area contributed by atoms with Crippen LogP contribution in [0.4, 0.5) is 0 Å². The average molecular weight is 679 g/mol. The highest BCUT2D eigenvalue weighted by Crippen LogP contribution is 2.89. The van der Waals surface area contributed by atoms with Crippen LogP contribution in [0.15, 0.2) is 0 Å². The zero-order valence-electron chi connectivity index (χ0n) is 29.8. The number of aliphatic hydroxyl groups is 5. The largest absolute Gasteiger partial charge is 0.462 e. The summed E-state index contributed by atoms with van der Waals surface area (Å²) in [6.07, 6.45) is -1.19. The summed E-state index contributed by atoms with van der Waals surface area (Å²) in [5.74, 6) is -1.56. The molecule has 0 unspecified atom stereocenters. The topological polar surface area (TPSA) is 164 Å². The molecule has 0 aromatic heterocycles. The fraction of sp³-hybridized carbons (Fsp3) is 0.973. The molecule has 8 aliphatic rings. The Bertz CT molecular complexity index is 1350. The van der Waals surface area contributed by atoms with Gasteiger partial charge in [-0.15, -0.1) is 0 Å². The molecule has 0 radical (unpaired) electrons. The number of carbonyl (C=O) groups is 1. The first-order valence-electron chi connectivity index (χ1n) is 18.5. The van der Waals surface area contributed by atoms with Gasteiger partial charge in [-0.05, 0) is 104 Å². The molecule has 2 spiro atoms. The van der Waals surface area contributed by atoms with Gasteiger partial charge in [-0.2, -0.15) is 0 Å². The Hall–Kier alpha value is -0.890. The van der Waals surface area contributed by atoms with E-state index in [-0.39, 0.29) is 64.4 Å². The Labute approximate surface area is 284 Å². The van der Waals surface area contributed by atoms with Crippen molar-refractivity contribution in [2.45, 2.75) is 167 Å². The Balaban J connectivity index is 1.12. The standard InChI is InChI=1S/C37H58O11/c1-17-25-20(47-37(43)28(17)48-32(5,6)30(37)42)13-33(7)22-10-9-21-31(3,4)23(46-29-27(41)26(40)19(39)15-44-29)11-12-35(21)16-36(22,35)14-24(34(25,33)8)45-18(2)38/h17,19-30,39-43H,9-16H2,1-8H3/t17-,19+,20-,21-,22-,23-,24+,25-,26-,27+,28+,29-,30+,33-,34+,35+,36-,37+/m0/s1. The highest BCUT2D eigenvalue weighted by Gasteiger charge is 2.86. The number of aliphatic hydroxyl groups excluding tert-OH is 4. The summed E-state index contributed by atoms with van der Waals surface area (Å²) >= 11 is 0. The molecule has 5 aliphatic carbocycles. The molecule has 0 bridgehead atoms. The van der Waals surface area contributed by atoms with Gasteiger partial charge in [0.15, 0.2) is 6.29 Å². The van der Waals surface area contributed by atoms with E-state index in [1.54, 1.807) is 13.8 Å². The maximum Gasteiger partial charge on any atom is 0.302 e. The Morgan fingerprint density at radius 3 is 2.23 bits per heavy atom. The van der Waals surface area contributed by atoms with Gasteiger partial charge >= 0.3 is 5.97 Å². The van der Waals surface area contributed by atoms with Crippen molar-refractivity contribution in [1.29, 1.82) is 0 Å². The first-order chi connectivity index (χ1) is 22.2. The van der Waals surface area contributed by atoms with Crippen LogP contribution < -0.4 is 0 Å². The van der Waals surface area contributed by atoms with Crippen LogP contribution in [0.2, 0.25) is 0 Å². The van der Waals surface area contributed by atoms with Crippen molar-refractivity contribution < 1.29 is 54.0 Å². The molecule has 0 aromatic carbocycles. The summed E-state index contributed by atoms with van der Waals surface area (Å²) in [5, 5.41) is 54.1. The van der Waals surface area contributed by atoms with Crippen LogP contribution in [0.3, 0.4) is 0 Å². The zero-order valence-corrected chi connectivity index (χ0v) is 29.8. The van der Waals surface area contributed by atoms with Gasteiger partial charge in [-0.25, -0.2) is 0 Å². The molecule has 272 valence electrons. The molecule has 3 heterocycles. The van der Waals surface area contributed by atoms with Crippen LogP contribution in [0, 0.1) is 50.7 Å². The average Bonchev–Trinajstić information content (AvgIpc) is 3.52. The molecule has 8 rings (SSSR count). The Morgan fingerprint density at radius 2 is 1.54 bits per heavy atom. The molecule has 3 aliphatic heterocycles. The highest BCUT2D eigenvalue weighted by atomic mass is 16.7. The minimum Gasteiger partial charge on any atom is -0.462 e. The number of esters is 1. The van der Waals surface area contributed by atoms with E-state index < -0.39 is 53.6 Å². The Morgan fingerprint density at radius 1 is 0.854 bits per heavy atom. The van der Waals surface area contributed by atoms with Crippen molar-refractivity contribution in [3.8, 4) is 0 Å². The molecular formula is C37H58O11. The minimum atomic E-state index is -1.80. The molecule has 3 saturated heterocycles. The summed E-state index contributed by atoms with van der Waals surface area (Å²) in [6.45, 7) is 16.3. The first-order valence-corrected chi connectivity index (χ1v) is 18.5. The lowest BCUT2D eigenvalue weighted by molar-refractivity contribution is -0.330. The van der Waals surface area contributed by atoms with Gasteiger partial charge in [0.05, 0.1) is 24.4 Å². The molecule has 0 amide bonds. The Kier molecular flexibility index (Phi) is 7.24. The maximum absolute atomic E-state index is 12.9. The molecule has 5 N–H and O–H groups in total. The summed E-state index contributed by atoms with van der Waals surface area (Å²) in [7, 11) is 0. The van der Waals surface area contributed by atoms with Gasteiger partial charge in [0.2, 0.25) is 5.79 Å². The molecule has 18 atom stereocenters.